The van der Waals surface area contributed by atoms with E-state index in [1.54, 1.807) is 0 Å². The number of aryl methyl sites for hydroxylation is 1. The van der Waals surface area contributed by atoms with Gasteiger partial charge in [-0.15, -0.1) is 0 Å². The SMILES string of the molecule is Cc1ccc(N)c(N(C)C2CCSC2)c1. The Morgan fingerprint density at radius 2 is 2.27 bits per heavy atom. The Morgan fingerprint density at radius 3 is 2.93 bits per heavy atom. The number of nitrogens with two attached hydrogens (primary N) is 1. The van der Waals surface area contributed by atoms with Crippen LogP contribution in [-0.4, -0.2) is 24.6 Å². The summed E-state index contributed by atoms with van der Waals surface area (Å²) in [5.41, 5.74) is 9.36. The van der Waals surface area contributed by atoms with Gasteiger partial charge in [0.15, 0.2) is 0 Å². The molecule has 3 heteroatoms. The Bertz CT molecular complexity index is 345. The van der Waals surface area contributed by atoms with Crippen LogP contribution >= 0.6 is 11.8 Å². The average molecular weight is 222 g/mol. The molecule has 0 spiro atoms. The molecule has 1 atom stereocenters. The van der Waals surface area contributed by atoms with E-state index in [1.807, 2.05) is 17.8 Å². The maximum Gasteiger partial charge on any atom is 0.0602 e. The Balaban J connectivity index is 2.23. The minimum absolute atomic E-state index is 0.652. The number of anilines is 2. The summed E-state index contributed by atoms with van der Waals surface area (Å²) in [4.78, 5) is 2.34. The summed E-state index contributed by atoms with van der Waals surface area (Å²) < 4.78 is 0. The molecular weight excluding hydrogens is 204 g/mol. The van der Waals surface area contributed by atoms with Gasteiger partial charge in [0.25, 0.3) is 0 Å². The van der Waals surface area contributed by atoms with Gasteiger partial charge in [-0.05, 0) is 36.8 Å². The zero-order valence-electron chi connectivity index (χ0n) is 9.36. The monoisotopic (exact) mass is 222 g/mol. The molecule has 2 N–H and O–H groups in total. The smallest absolute Gasteiger partial charge is 0.0602 e. The Hall–Kier alpha value is -0.830. The van der Waals surface area contributed by atoms with E-state index in [0.29, 0.717) is 6.04 Å². The van der Waals surface area contributed by atoms with Gasteiger partial charge in [0.05, 0.1) is 11.4 Å². The van der Waals surface area contributed by atoms with Crippen LogP contribution in [-0.2, 0) is 0 Å². The van der Waals surface area contributed by atoms with Crippen molar-refractivity contribution >= 4 is 23.1 Å². The van der Waals surface area contributed by atoms with E-state index in [9.17, 15) is 0 Å². The number of nitrogen functional groups attached to an aromatic ring is 1. The molecule has 0 amide bonds. The van der Waals surface area contributed by atoms with E-state index in [4.69, 9.17) is 5.73 Å². The molecule has 1 fully saturated rings. The summed E-state index contributed by atoms with van der Waals surface area (Å²) in [5, 5.41) is 0. The quantitative estimate of drug-likeness (QED) is 0.780. The lowest BCUT2D eigenvalue weighted by atomic mass is 10.1. The summed E-state index contributed by atoms with van der Waals surface area (Å²) in [6.45, 7) is 2.11. The number of hydrogen-bond donors (Lipinski definition) is 1. The molecule has 1 aromatic rings. The molecule has 0 radical (unpaired) electrons. The molecule has 0 saturated carbocycles. The molecule has 1 aliphatic heterocycles. The number of benzene rings is 1. The number of rotatable bonds is 2. The van der Waals surface area contributed by atoms with E-state index in [1.165, 1.54) is 29.2 Å². The topological polar surface area (TPSA) is 29.3 Å². The van der Waals surface area contributed by atoms with Crippen molar-refractivity contribution in [3.63, 3.8) is 0 Å². The van der Waals surface area contributed by atoms with Crippen LogP contribution in [0.25, 0.3) is 0 Å². The summed E-state index contributed by atoms with van der Waals surface area (Å²) in [6, 6.07) is 6.90. The van der Waals surface area contributed by atoms with Gasteiger partial charge in [-0.25, -0.2) is 0 Å². The number of nitrogens with zero attached hydrogens (tertiary/aromatic N) is 1. The van der Waals surface area contributed by atoms with E-state index >= 15 is 0 Å². The minimum Gasteiger partial charge on any atom is -0.397 e. The third kappa shape index (κ3) is 2.23. The predicted molar refractivity (Wildman–Crippen MR) is 69.7 cm³/mol. The fourth-order valence-corrected chi connectivity index (χ4v) is 3.25. The van der Waals surface area contributed by atoms with Crippen molar-refractivity contribution in [1.29, 1.82) is 0 Å². The zero-order chi connectivity index (χ0) is 10.8. The maximum atomic E-state index is 6.01. The Kier molecular flexibility index (Phi) is 3.10. The van der Waals surface area contributed by atoms with Crippen LogP contribution in [0.15, 0.2) is 18.2 Å². The lowest BCUT2D eigenvalue weighted by Crippen LogP contribution is -2.31. The second-order valence-electron chi connectivity index (χ2n) is 4.19. The molecule has 1 aromatic carbocycles. The highest BCUT2D eigenvalue weighted by molar-refractivity contribution is 7.99. The standard InChI is InChI=1S/C12H18N2S/c1-9-3-4-11(13)12(7-9)14(2)10-5-6-15-8-10/h3-4,7,10H,5-6,8,13H2,1-2H3. The lowest BCUT2D eigenvalue weighted by Gasteiger charge is -2.27. The van der Waals surface area contributed by atoms with Gasteiger partial charge in [-0.3, -0.25) is 0 Å². The highest BCUT2D eigenvalue weighted by Crippen LogP contribution is 2.30. The van der Waals surface area contributed by atoms with E-state index < -0.39 is 0 Å². The largest absolute Gasteiger partial charge is 0.397 e. The molecule has 15 heavy (non-hydrogen) atoms. The fourth-order valence-electron chi connectivity index (χ4n) is 1.98. The second kappa shape index (κ2) is 4.35. The van der Waals surface area contributed by atoms with Gasteiger partial charge in [-0.2, -0.15) is 11.8 Å². The Labute approximate surface area is 95.8 Å². The van der Waals surface area contributed by atoms with E-state index in [0.717, 1.165) is 5.69 Å². The molecule has 2 nitrogen and oxygen atoms in total. The first kappa shape index (κ1) is 10.7. The summed E-state index contributed by atoms with van der Waals surface area (Å²) >= 11 is 2.03. The highest BCUT2D eigenvalue weighted by Gasteiger charge is 2.21. The normalized spacial score (nSPS) is 20.5. The van der Waals surface area contributed by atoms with Gasteiger partial charge in [0.2, 0.25) is 0 Å². The molecular formula is C12H18N2S. The van der Waals surface area contributed by atoms with Crippen molar-refractivity contribution in [3.05, 3.63) is 23.8 Å². The summed E-state index contributed by atoms with van der Waals surface area (Å²) in [5.74, 6) is 2.50. The van der Waals surface area contributed by atoms with Crippen molar-refractivity contribution in [1.82, 2.24) is 0 Å². The average Bonchev–Trinajstić information content (AvgIpc) is 2.74. The number of thioether (sulfide) groups is 1. The molecule has 1 heterocycles. The molecule has 1 saturated heterocycles. The number of hydrogen-bond acceptors (Lipinski definition) is 3. The highest BCUT2D eigenvalue weighted by atomic mass is 32.2. The first-order chi connectivity index (χ1) is 7.18. The fraction of sp³-hybridized carbons (Fsp3) is 0.500. The van der Waals surface area contributed by atoms with Crippen LogP contribution in [0.1, 0.15) is 12.0 Å². The molecule has 1 aliphatic rings. The van der Waals surface area contributed by atoms with Crippen LogP contribution < -0.4 is 10.6 Å². The van der Waals surface area contributed by atoms with Crippen LogP contribution in [0.3, 0.4) is 0 Å². The summed E-state index contributed by atoms with van der Waals surface area (Å²) in [6.07, 6.45) is 1.27. The summed E-state index contributed by atoms with van der Waals surface area (Å²) in [7, 11) is 2.15. The van der Waals surface area contributed by atoms with Crippen molar-refractivity contribution < 1.29 is 0 Å². The van der Waals surface area contributed by atoms with Gasteiger partial charge in [0.1, 0.15) is 0 Å². The second-order valence-corrected chi connectivity index (χ2v) is 5.34. The van der Waals surface area contributed by atoms with Gasteiger partial charge in [-0.1, -0.05) is 6.07 Å². The molecule has 0 bridgehead atoms. The van der Waals surface area contributed by atoms with E-state index in [2.05, 4.69) is 31.0 Å². The molecule has 1 unspecified atom stereocenters. The van der Waals surface area contributed by atoms with Crippen molar-refractivity contribution in [2.75, 3.05) is 29.2 Å². The van der Waals surface area contributed by atoms with Gasteiger partial charge < -0.3 is 10.6 Å². The van der Waals surface area contributed by atoms with Gasteiger partial charge in [0, 0.05) is 18.8 Å². The first-order valence-corrected chi connectivity index (χ1v) is 6.50. The van der Waals surface area contributed by atoms with Crippen LogP contribution in [0.2, 0.25) is 0 Å². The molecule has 0 aliphatic carbocycles. The molecule has 2 rings (SSSR count). The van der Waals surface area contributed by atoms with Crippen LogP contribution in [0.4, 0.5) is 11.4 Å². The van der Waals surface area contributed by atoms with Crippen molar-refractivity contribution in [2.45, 2.75) is 19.4 Å². The minimum atomic E-state index is 0.652. The third-order valence-corrected chi connectivity index (χ3v) is 4.16. The first-order valence-electron chi connectivity index (χ1n) is 5.35. The van der Waals surface area contributed by atoms with Gasteiger partial charge >= 0.3 is 0 Å². The lowest BCUT2D eigenvalue weighted by molar-refractivity contribution is 0.700. The molecule has 82 valence electrons. The zero-order valence-corrected chi connectivity index (χ0v) is 10.2. The Morgan fingerprint density at radius 1 is 1.47 bits per heavy atom. The maximum absolute atomic E-state index is 6.01. The van der Waals surface area contributed by atoms with Crippen molar-refractivity contribution in [3.8, 4) is 0 Å². The van der Waals surface area contributed by atoms with Crippen molar-refractivity contribution in [2.24, 2.45) is 0 Å². The van der Waals surface area contributed by atoms with E-state index in [-0.39, 0.29) is 0 Å². The van der Waals surface area contributed by atoms with Crippen LogP contribution in [0, 0.1) is 6.92 Å². The van der Waals surface area contributed by atoms with Crippen LogP contribution in [0.5, 0.6) is 0 Å². The molecule has 0 aromatic heterocycles. The predicted octanol–water partition coefficient (Wildman–Crippen LogP) is 2.52. The third-order valence-electron chi connectivity index (χ3n) is 3.02.